The van der Waals surface area contributed by atoms with Gasteiger partial charge in [0.1, 0.15) is 0 Å². The van der Waals surface area contributed by atoms with Crippen LogP contribution in [-0.4, -0.2) is 5.78 Å². The molecule has 1 heterocycles. The van der Waals surface area contributed by atoms with Gasteiger partial charge in [0.2, 0.25) is 5.78 Å². The summed E-state index contributed by atoms with van der Waals surface area (Å²) in [5.41, 5.74) is 6.86. The van der Waals surface area contributed by atoms with E-state index in [1.807, 2.05) is 25.1 Å². The van der Waals surface area contributed by atoms with Crippen molar-refractivity contribution < 1.29 is 4.79 Å². The third kappa shape index (κ3) is 2.03. The molecular weight excluding hydrogens is 286 g/mol. The molecule has 0 saturated carbocycles. The zero-order valence-corrected chi connectivity index (χ0v) is 11.1. The first-order chi connectivity index (χ1) is 7.59. The normalized spacial score (nSPS) is 10.4. The van der Waals surface area contributed by atoms with Crippen LogP contribution in [0.1, 0.15) is 20.1 Å². The molecule has 0 saturated heterocycles. The number of carbonyl (C=O) groups excluding carboxylic acids is 1. The van der Waals surface area contributed by atoms with Gasteiger partial charge < -0.3 is 5.73 Å². The molecule has 82 valence electrons. The predicted molar refractivity (Wildman–Crippen MR) is 71.0 cm³/mol. The number of nitrogen functional groups attached to an aromatic ring is 1. The van der Waals surface area contributed by atoms with Gasteiger partial charge in [-0.1, -0.05) is 12.1 Å². The summed E-state index contributed by atoms with van der Waals surface area (Å²) in [7, 11) is 0. The third-order valence-corrected chi connectivity index (χ3v) is 4.42. The first kappa shape index (κ1) is 11.4. The van der Waals surface area contributed by atoms with E-state index in [4.69, 9.17) is 5.73 Å². The molecule has 1 aromatic carbocycles. The van der Waals surface area contributed by atoms with Crippen molar-refractivity contribution in [2.45, 2.75) is 6.92 Å². The van der Waals surface area contributed by atoms with Crippen molar-refractivity contribution in [3.63, 3.8) is 0 Å². The van der Waals surface area contributed by atoms with E-state index in [1.165, 1.54) is 11.3 Å². The maximum absolute atomic E-state index is 12.1. The number of hydrogen-bond donors (Lipinski definition) is 1. The molecule has 2 N–H and O–H groups in total. The lowest BCUT2D eigenvalue weighted by Gasteiger charge is -2.01. The molecule has 2 rings (SSSR count). The van der Waals surface area contributed by atoms with Crippen LogP contribution < -0.4 is 5.73 Å². The summed E-state index contributed by atoms with van der Waals surface area (Å²) < 4.78 is 0.968. The molecule has 4 heteroatoms. The minimum atomic E-state index is -0.0168. The lowest BCUT2D eigenvalue weighted by Crippen LogP contribution is -2.02. The second kappa shape index (κ2) is 4.39. The van der Waals surface area contributed by atoms with Crippen LogP contribution >= 0.6 is 27.3 Å². The highest BCUT2D eigenvalue weighted by molar-refractivity contribution is 9.10. The van der Waals surface area contributed by atoms with Gasteiger partial charge in [0.05, 0.1) is 4.88 Å². The van der Waals surface area contributed by atoms with Crippen LogP contribution in [-0.2, 0) is 0 Å². The Morgan fingerprint density at radius 2 is 2.06 bits per heavy atom. The Labute approximate surface area is 106 Å². The van der Waals surface area contributed by atoms with Crippen molar-refractivity contribution >= 4 is 38.7 Å². The van der Waals surface area contributed by atoms with Crippen LogP contribution in [0.15, 0.2) is 34.8 Å². The van der Waals surface area contributed by atoms with Crippen LogP contribution in [0, 0.1) is 6.92 Å². The number of aryl methyl sites for hydroxylation is 1. The molecular formula is C12H10BrNOS. The molecule has 0 aliphatic carbocycles. The van der Waals surface area contributed by atoms with Crippen molar-refractivity contribution in [1.82, 2.24) is 0 Å². The van der Waals surface area contributed by atoms with Crippen LogP contribution in [0.4, 0.5) is 5.69 Å². The van der Waals surface area contributed by atoms with Gasteiger partial charge in [0, 0.05) is 20.6 Å². The predicted octanol–water partition coefficient (Wildman–Crippen LogP) is 3.63. The average Bonchev–Trinajstić information content (AvgIpc) is 2.59. The lowest BCUT2D eigenvalue weighted by atomic mass is 10.1. The van der Waals surface area contributed by atoms with E-state index < -0.39 is 0 Å². The Balaban J connectivity index is 2.43. The Kier molecular flexibility index (Phi) is 3.12. The molecule has 16 heavy (non-hydrogen) atoms. The first-order valence-corrected chi connectivity index (χ1v) is 6.35. The molecule has 0 aliphatic rings. The highest BCUT2D eigenvalue weighted by atomic mass is 79.9. The summed E-state index contributed by atoms with van der Waals surface area (Å²) >= 11 is 4.88. The highest BCUT2D eigenvalue weighted by Crippen LogP contribution is 2.29. The SMILES string of the molecule is Cc1sc(C(=O)c2ccccc2N)cc1Br. The highest BCUT2D eigenvalue weighted by Gasteiger charge is 2.15. The lowest BCUT2D eigenvalue weighted by molar-refractivity contribution is 0.104. The summed E-state index contributed by atoms with van der Waals surface area (Å²) in [4.78, 5) is 13.9. The number of benzene rings is 1. The molecule has 0 fully saturated rings. The average molecular weight is 296 g/mol. The number of thiophene rings is 1. The van der Waals surface area contributed by atoms with Crippen molar-refractivity contribution in [3.8, 4) is 0 Å². The minimum absolute atomic E-state index is 0.0168. The molecule has 0 unspecified atom stereocenters. The Morgan fingerprint density at radius 1 is 1.38 bits per heavy atom. The fourth-order valence-corrected chi connectivity index (χ4v) is 2.90. The van der Waals surface area contributed by atoms with Crippen molar-refractivity contribution in [3.05, 3.63) is 50.1 Å². The van der Waals surface area contributed by atoms with Gasteiger partial charge in [-0.3, -0.25) is 4.79 Å². The molecule has 0 bridgehead atoms. The van der Waals surface area contributed by atoms with Gasteiger partial charge in [-0.05, 0) is 41.1 Å². The van der Waals surface area contributed by atoms with Crippen LogP contribution in [0.25, 0.3) is 0 Å². The van der Waals surface area contributed by atoms with Gasteiger partial charge in [-0.15, -0.1) is 11.3 Å². The standard InChI is InChI=1S/C12H10BrNOS/c1-7-9(13)6-11(16-7)12(15)8-4-2-3-5-10(8)14/h2-6H,14H2,1H3. The third-order valence-electron chi connectivity index (χ3n) is 2.29. The smallest absolute Gasteiger partial charge is 0.205 e. The largest absolute Gasteiger partial charge is 0.398 e. The number of ketones is 1. The van der Waals surface area contributed by atoms with E-state index in [0.29, 0.717) is 16.1 Å². The number of para-hydroxylation sites is 1. The summed E-state index contributed by atoms with van der Waals surface area (Å²) in [6.45, 7) is 1.97. The molecule has 0 aliphatic heterocycles. The van der Waals surface area contributed by atoms with E-state index in [2.05, 4.69) is 15.9 Å². The summed E-state index contributed by atoms with van der Waals surface area (Å²) in [5, 5.41) is 0. The zero-order chi connectivity index (χ0) is 11.7. The molecule has 2 nitrogen and oxygen atoms in total. The monoisotopic (exact) mass is 295 g/mol. The number of halogens is 1. The summed E-state index contributed by atoms with van der Waals surface area (Å²) in [6, 6.07) is 8.97. The number of carbonyl (C=O) groups is 1. The number of rotatable bonds is 2. The first-order valence-electron chi connectivity index (χ1n) is 4.74. The second-order valence-corrected chi connectivity index (χ2v) is 5.54. The fourth-order valence-electron chi connectivity index (χ4n) is 1.41. The minimum Gasteiger partial charge on any atom is -0.398 e. The number of hydrogen-bond acceptors (Lipinski definition) is 3. The van der Waals surface area contributed by atoms with Crippen molar-refractivity contribution in [1.29, 1.82) is 0 Å². The Morgan fingerprint density at radius 3 is 2.62 bits per heavy atom. The summed E-state index contributed by atoms with van der Waals surface area (Å²) in [6.07, 6.45) is 0. The fraction of sp³-hybridized carbons (Fsp3) is 0.0833. The van der Waals surface area contributed by atoms with Crippen molar-refractivity contribution in [2.24, 2.45) is 0 Å². The molecule has 0 amide bonds. The van der Waals surface area contributed by atoms with Crippen LogP contribution in [0.5, 0.6) is 0 Å². The van der Waals surface area contributed by atoms with E-state index in [1.54, 1.807) is 12.1 Å². The van der Waals surface area contributed by atoms with Gasteiger partial charge in [-0.25, -0.2) is 0 Å². The maximum atomic E-state index is 12.1. The van der Waals surface area contributed by atoms with Crippen molar-refractivity contribution in [2.75, 3.05) is 5.73 Å². The van der Waals surface area contributed by atoms with Gasteiger partial charge in [-0.2, -0.15) is 0 Å². The van der Waals surface area contributed by atoms with E-state index >= 15 is 0 Å². The van der Waals surface area contributed by atoms with Crippen LogP contribution in [0.2, 0.25) is 0 Å². The van der Waals surface area contributed by atoms with E-state index in [9.17, 15) is 4.79 Å². The topological polar surface area (TPSA) is 43.1 Å². The quantitative estimate of drug-likeness (QED) is 0.679. The summed E-state index contributed by atoms with van der Waals surface area (Å²) in [5.74, 6) is -0.0168. The van der Waals surface area contributed by atoms with E-state index in [-0.39, 0.29) is 5.78 Å². The molecule has 2 aromatic rings. The number of nitrogens with two attached hydrogens (primary N) is 1. The number of anilines is 1. The Hall–Kier alpha value is -1.13. The maximum Gasteiger partial charge on any atom is 0.205 e. The molecule has 0 radical (unpaired) electrons. The van der Waals surface area contributed by atoms with E-state index in [0.717, 1.165) is 9.35 Å². The van der Waals surface area contributed by atoms with Gasteiger partial charge in [0.15, 0.2) is 0 Å². The molecule has 0 atom stereocenters. The second-order valence-electron chi connectivity index (χ2n) is 3.43. The van der Waals surface area contributed by atoms with Gasteiger partial charge >= 0.3 is 0 Å². The Bertz CT molecular complexity index is 528. The van der Waals surface area contributed by atoms with Gasteiger partial charge in [0.25, 0.3) is 0 Å². The molecule has 0 spiro atoms. The van der Waals surface area contributed by atoms with Crippen LogP contribution in [0.3, 0.4) is 0 Å². The zero-order valence-electron chi connectivity index (χ0n) is 8.66. The molecule has 1 aromatic heterocycles.